The lowest BCUT2D eigenvalue weighted by molar-refractivity contribution is -0.112. The van der Waals surface area contributed by atoms with Gasteiger partial charge < -0.3 is 26.7 Å². The van der Waals surface area contributed by atoms with E-state index in [0.29, 0.717) is 34.6 Å². The summed E-state index contributed by atoms with van der Waals surface area (Å²) in [5.41, 5.74) is 14.7. The van der Waals surface area contributed by atoms with Crippen LogP contribution in [0.4, 0.5) is 11.8 Å². The topological polar surface area (TPSA) is 159 Å². The third kappa shape index (κ3) is 5.74. The maximum absolute atomic E-state index is 13.4. The Bertz CT molecular complexity index is 1230. The quantitative estimate of drug-likeness (QED) is 0.214. The number of nitrogens with zero attached hydrogens (tertiary/aromatic N) is 5. The number of hydrogen-bond acceptors (Lipinski definition) is 8. The van der Waals surface area contributed by atoms with E-state index in [0.717, 1.165) is 19.6 Å². The molecular formula is C24H32ClN9O2. The molecule has 36 heavy (non-hydrogen) atoms. The Hall–Kier alpha value is -3.70. The van der Waals surface area contributed by atoms with Crippen LogP contribution >= 0.6 is 11.6 Å². The van der Waals surface area contributed by atoms with Crippen molar-refractivity contribution in [2.45, 2.75) is 20.8 Å². The van der Waals surface area contributed by atoms with E-state index in [9.17, 15) is 9.59 Å². The normalized spacial score (nSPS) is 14.9. The van der Waals surface area contributed by atoms with Crippen LogP contribution in [0.25, 0.3) is 11.6 Å². The zero-order valence-electron chi connectivity index (χ0n) is 20.9. The number of anilines is 2. The van der Waals surface area contributed by atoms with Gasteiger partial charge >= 0.3 is 0 Å². The van der Waals surface area contributed by atoms with Gasteiger partial charge in [-0.05, 0) is 37.7 Å². The van der Waals surface area contributed by atoms with Crippen LogP contribution in [-0.2, 0) is 4.79 Å². The molecule has 2 aromatic heterocycles. The van der Waals surface area contributed by atoms with Gasteiger partial charge in [0.15, 0.2) is 5.82 Å². The molecular weight excluding hydrogens is 482 g/mol. The van der Waals surface area contributed by atoms with Crippen LogP contribution in [0.2, 0.25) is 5.15 Å². The van der Waals surface area contributed by atoms with E-state index in [1.54, 1.807) is 25.4 Å². The molecule has 0 aliphatic carbocycles. The molecule has 3 rings (SSSR count). The molecule has 11 nitrogen and oxygen atoms in total. The number of halogens is 1. The first-order chi connectivity index (χ1) is 17.2. The van der Waals surface area contributed by atoms with Crippen molar-refractivity contribution < 1.29 is 9.59 Å². The van der Waals surface area contributed by atoms with Crippen LogP contribution in [0.3, 0.4) is 0 Å². The fourth-order valence-corrected chi connectivity index (χ4v) is 4.18. The highest BCUT2D eigenvalue weighted by atomic mass is 35.5. The summed E-state index contributed by atoms with van der Waals surface area (Å²) in [7, 11) is 1.62. The van der Waals surface area contributed by atoms with Crippen molar-refractivity contribution in [2.24, 2.45) is 10.7 Å². The number of nitrogens with one attached hydrogen (secondary N) is 2. The van der Waals surface area contributed by atoms with Gasteiger partial charge in [-0.15, -0.1) is 0 Å². The molecule has 0 atom stereocenters. The first-order valence-corrected chi connectivity index (χ1v) is 12.0. The van der Waals surface area contributed by atoms with Gasteiger partial charge in [-0.1, -0.05) is 25.4 Å². The minimum Gasteiger partial charge on any atom is -0.401 e. The summed E-state index contributed by atoms with van der Waals surface area (Å²) in [5, 5.41) is 3.00. The van der Waals surface area contributed by atoms with Crippen molar-refractivity contribution in [1.82, 2.24) is 25.2 Å². The molecule has 0 spiro atoms. The maximum atomic E-state index is 13.4. The fourth-order valence-electron chi connectivity index (χ4n) is 3.90. The number of likely N-dealkylation sites (N-methyl/N-ethyl adjacent to an activating group) is 1. The summed E-state index contributed by atoms with van der Waals surface area (Å²) in [6.07, 6.45) is 6.40. The summed E-state index contributed by atoms with van der Waals surface area (Å²) in [6.45, 7) is 9.19. The molecule has 0 aromatic carbocycles. The maximum Gasteiger partial charge on any atom is 0.260 e. The third-order valence-corrected chi connectivity index (χ3v) is 6.24. The van der Waals surface area contributed by atoms with Crippen LogP contribution in [0.15, 0.2) is 23.0 Å². The molecule has 1 aliphatic heterocycles. The molecule has 0 bridgehead atoms. The van der Waals surface area contributed by atoms with E-state index < -0.39 is 0 Å². The van der Waals surface area contributed by atoms with E-state index in [2.05, 4.69) is 44.0 Å². The minimum atomic E-state index is -0.365. The highest BCUT2D eigenvalue weighted by Gasteiger charge is 2.37. The number of hydrogen-bond donors (Lipinski definition) is 4. The molecule has 3 heterocycles. The van der Waals surface area contributed by atoms with E-state index in [1.165, 1.54) is 11.1 Å². The Kier molecular flexibility index (Phi) is 8.83. The predicted molar refractivity (Wildman–Crippen MR) is 144 cm³/mol. The van der Waals surface area contributed by atoms with Crippen molar-refractivity contribution >= 4 is 53.0 Å². The second kappa shape index (κ2) is 11.8. The van der Waals surface area contributed by atoms with Gasteiger partial charge in [0.2, 0.25) is 5.95 Å². The van der Waals surface area contributed by atoms with Gasteiger partial charge in [0, 0.05) is 43.9 Å². The number of allylic oxidation sites excluding steroid dienone is 1. The number of amides is 2. The van der Waals surface area contributed by atoms with Gasteiger partial charge in [0.1, 0.15) is 5.15 Å². The number of nitrogens with two attached hydrogens (primary N) is 2. The number of carbonyl (C=O) groups excluding carboxylic acids is 2. The molecule has 0 saturated heterocycles. The van der Waals surface area contributed by atoms with Crippen LogP contribution in [0.1, 0.15) is 41.0 Å². The van der Waals surface area contributed by atoms with Gasteiger partial charge in [-0.2, -0.15) is 4.98 Å². The van der Waals surface area contributed by atoms with Crippen molar-refractivity contribution in [3.8, 4) is 0 Å². The number of aromatic amines is 1. The molecule has 2 amide bonds. The Morgan fingerprint density at radius 2 is 2.06 bits per heavy atom. The van der Waals surface area contributed by atoms with Crippen molar-refractivity contribution in [1.29, 1.82) is 0 Å². The first-order valence-electron chi connectivity index (χ1n) is 11.6. The van der Waals surface area contributed by atoms with Crippen molar-refractivity contribution in [3.63, 3.8) is 0 Å². The summed E-state index contributed by atoms with van der Waals surface area (Å²) in [6, 6.07) is 0. The SMILES string of the molecule is CCN(CC)CCNC(=O)c1c[nH]c(/C=C2\C(=O)N(CC(N)=CC=NC)c3nc(N)nc(Cl)c32)c1C. The molecule has 0 saturated carbocycles. The summed E-state index contributed by atoms with van der Waals surface area (Å²) in [4.78, 5) is 45.0. The fraction of sp³-hybridized carbons (Fsp3) is 0.375. The number of H-pyrrole nitrogens is 1. The molecule has 0 radical (unpaired) electrons. The zero-order chi connectivity index (χ0) is 26.4. The molecule has 0 fully saturated rings. The van der Waals surface area contributed by atoms with Crippen LogP contribution in [-0.4, -0.2) is 77.7 Å². The lowest BCUT2D eigenvalue weighted by atomic mass is 10.1. The zero-order valence-corrected chi connectivity index (χ0v) is 21.7. The number of aliphatic imine (C=N–C) groups is 1. The van der Waals surface area contributed by atoms with Gasteiger partial charge in [-0.3, -0.25) is 19.5 Å². The monoisotopic (exact) mass is 513 g/mol. The smallest absolute Gasteiger partial charge is 0.260 e. The summed E-state index contributed by atoms with van der Waals surface area (Å²) in [5.74, 6) is -0.344. The Morgan fingerprint density at radius 3 is 2.72 bits per heavy atom. The van der Waals surface area contributed by atoms with Gasteiger partial charge in [0.05, 0.1) is 23.2 Å². The van der Waals surface area contributed by atoms with E-state index in [-0.39, 0.29) is 40.9 Å². The highest BCUT2D eigenvalue weighted by molar-refractivity contribution is 6.41. The van der Waals surface area contributed by atoms with E-state index >= 15 is 0 Å². The van der Waals surface area contributed by atoms with Crippen molar-refractivity contribution in [2.75, 3.05) is 50.4 Å². The average Bonchev–Trinajstić information content (AvgIpc) is 3.33. The molecule has 1 aliphatic rings. The molecule has 192 valence electrons. The number of aromatic nitrogens is 3. The summed E-state index contributed by atoms with van der Waals surface area (Å²) < 4.78 is 0. The Balaban J connectivity index is 1.91. The minimum absolute atomic E-state index is 0.0517. The van der Waals surface area contributed by atoms with E-state index in [1.807, 2.05) is 6.92 Å². The second-order valence-corrected chi connectivity index (χ2v) is 8.55. The lowest BCUT2D eigenvalue weighted by Crippen LogP contribution is -2.34. The standard InChI is InChI=1S/C24H32ClN9O2/c1-5-33(6-2)10-9-29-22(35)17-12-30-18(14(17)3)11-16-19-20(25)31-24(27)32-21(19)34(23(16)36)13-15(26)7-8-28-4/h7-8,11-12,30H,5-6,9-10,13,26H2,1-4H3,(H,29,35)(H2,27,31,32)/b15-7?,16-11-,28-8?. The molecule has 2 aromatic rings. The first kappa shape index (κ1) is 26.9. The molecule has 6 N–H and O–H groups in total. The number of carbonyl (C=O) groups is 2. The lowest BCUT2D eigenvalue weighted by Gasteiger charge is -2.17. The Morgan fingerprint density at radius 1 is 1.33 bits per heavy atom. The molecule has 12 heteroatoms. The van der Waals surface area contributed by atoms with Crippen molar-refractivity contribution in [3.05, 3.63) is 45.5 Å². The Labute approximate surface area is 215 Å². The van der Waals surface area contributed by atoms with Gasteiger partial charge in [0.25, 0.3) is 11.8 Å². The highest BCUT2D eigenvalue weighted by Crippen LogP contribution is 2.40. The van der Waals surface area contributed by atoms with Crippen LogP contribution in [0, 0.1) is 6.92 Å². The van der Waals surface area contributed by atoms with E-state index in [4.69, 9.17) is 23.1 Å². The third-order valence-electron chi connectivity index (χ3n) is 5.96. The number of fused-ring (bicyclic) bond motifs is 1. The molecule has 0 unspecified atom stereocenters. The summed E-state index contributed by atoms with van der Waals surface area (Å²) >= 11 is 6.39. The number of rotatable bonds is 10. The van der Waals surface area contributed by atoms with Gasteiger partial charge in [-0.25, -0.2) is 4.98 Å². The number of nitrogen functional groups attached to an aromatic ring is 1. The van der Waals surface area contributed by atoms with Crippen LogP contribution in [0.5, 0.6) is 0 Å². The average molecular weight is 514 g/mol. The second-order valence-electron chi connectivity index (χ2n) is 8.19. The van der Waals surface area contributed by atoms with Crippen LogP contribution < -0.4 is 21.7 Å². The largest absolute Gasteiger partial charge is 0.401 e. The predicted octanol–water partition coefficient (Wildman–Crippen LogP) is 1.85.